The molecule has 12 heavy (non-hydrogen) atoms. The normalized spacial score (nSPS) is 13.2. The van der Waals surface area contributed by atoms with E-state index in [4.69, 9.17) is 10.5 Å². The Kier molecular flexibility index (Phi) is 7.55. The second-order valence-corrected chi connectivity index (χ2v) is 3.80. The largest absolute Gasteiger partial charge is 0.216 e. The summed E-state index contributed by atoms with van der Waals surface area (Å²) in [6.45, 7) is 0. The Morgan fingerprint density at radius 3 is 2.67 bits per heavy atom. The van der Waals surface area contributed by atoms with Crippen molar-refractivity contribution in [2.75, 3.05) is 6.16 Å². The van der Waals surface area contributed by atoms with Gasteiger partial charge in [-0.2, -0.15) is 10.5 Å². The Morgan fingerprint density at radius 2 is 2.17 bits per heavy atom. The van der Waals surface area contributed by atoms with Gasteiger partial charge in [-0.1, -0.05) is 0 Å². The van der Waals surface area contributed by atoms with E-state index in [0.717, 1.165) is 6.16 Å². The molecule has 0 bridgehead atoms. The average molecular weight is 184 g/mol. The first-order chi connectivity index (χ1) is 5.85. The van der Waals surface area contributed by atoms with E-state index in [1.54, 1.807) is 0 Å². The van der Waals surface area contributed by atoms with Gasteiger partial charge in [0, 0.05) is 18.5 Å². The summed E-state index contributed by atoms with van der Waals surface area (Å²) in [5.74, 6) is 0. The van der Waals surface area contributed by atoms with Crippen molar-refractivity contribution in [1.82, 2.24) is 0 Å². The fourth-order valence-corrected chi connectivity index (χ4v) is 1.78. The van der Waals surface area contributed by atoms with E-state index < -0.39 is 0 Å². The van der Waals surface area contributed by atoms with Gasteiger partial charge in [-0.25, -0.2) is 4.39 Å². The maximum absolute atomic E-state index is 11.7. The highest BCUT2D eigenvalue weighted by atomic mass is 31.1. The zero-order chi connectivity index (χ0) is 9.23. The van der Waals surface area contributed by atoms with Crippen molar-refractivity contribution >= 4 is 8.58 Å². The van der Waals surface area contributed by atoms with Crippen LogP contribution in [0.3, 0.4) is 0 Å². The SMILES string of the molecule is N#CCCPC(/C=C/F)CC#N. The number of nitriles is 2. The topological polar surface area (TPSA) is 47.6 Å². The first-order valence-electron chi connectivity index (χ1n) is 3.59. The highest BCUT2D eigenvalue weighted by Gasteiger charge is 2.02. The van der Waals surface area contributed by atoms with Crippen LogP contribution in [0.2, 0.25) is 0 Å². The van der Waals surface area contributed by atoms with Gasteiger partial charge in [0.05, 0.1) is 18.5 Å². The summed E-state index contributed by atoms with van der Waals surface area (Å²) >= 11 is 0. The molecule has 0 saturated heterocycles. The lowest BCUT2D eigenvalue weighted by Crippen LogP contribution is -1.94. The van der Waals surface area contributed by atoms with Crippen molar-refractivity contribution in [3.05, 3.63) is 12.4 Å². The molecule has 0 amide bonds. The Bertz CT molecular complexity index is 214. The van der Waals surface area contributed by atoms with Crippen LogP contribution in [0.1, 0.15) is 12.8 Å². The summed E-state index contributed by atoms with van der Waals surface area (Å²) < 4.78 is 11.7. The van der Waals surface area contributed by atoms with Crippen molar-refractivity contribution in [3.63, 3.8) is 0 Å². The number of nitrogens with zero attached hydrogens (tertiary/aromatic N) is 2. The Hall–Kier alpha value is -0.920. The molecule has 2 atom stereocenters. The summed E-state index contributed by atoms with van der Waals surface area (Å²) in [6, 6.07) is 4.00. The molecule has 0 fully saturated rings. The summed E-state index contributed by atoms with van der Waals surface area (Å²) in [6.07, 6.45) is 3.44. The second kappa shape index (κ2) is 8.18. The van der Waals surface area contributed by atoms with Crippen molar-refractivity contribution in [2.24, 2.45) is 0 Å². The third-order valence-corrected chi connectivity index (χ3v) is 2.72. The molecule has 0 aliphatic heterocycles. The van der Waals surface area contributed by atoms with Gasteiger partial charge < -0.3 is 0 Å². The lowest BCUT2D eigenvalue weighted by Gasteiger charge is -2.04. The van der Waals surface area contributed by atoms with Crippen LogP contribution >= 0.6 is 8.58 Å². The van der Waals surface area contributed by atoms with Crippen molar-refractivity contribution in [1.29, 1.82) is 10.5 Å². The van der Waals surface area contributed by atoms with Gasteiger partial charge in [0.15, 0.2) is 0 Å². The molecule has 2 unspecified atom stereocenters. The van der Waals surface area contributed by atoms with Gasteiger partial charge in [-0.15, -0.1) is 8.58 Å². The van der Waals surface area contributed by atoms with Crippen LogP contribution in [0.5, 0.6) is 0 Å². The number of hydrogen-bond acceptors (Lipinski definition) is 2. The number of rotatable bonds is 5. The van der Waals surface area contributed by atoms with Crippen LogP contribution in [-0.2, 0) is 0 Å². The highest BCUT2D eigenvalue weighted by Crippen LogP contribution is 2.23. The van der Waals surface area contributed by atoms with E-state index in [0.29, 0.717) is 27.8 Å². The molecule has 2 nitrogen and oxygen atoms in total. The predicted octanol–water partition coefficient (Wildman–Crippen LogP) is 2.34. The molecule has 4 heteroatoms. The van der Waals surface area contributed by atoms with Gasteiger partial charge in [-0.05, 0) is 12.2 Å². The summed E-state index contributed by atoms with van der Waals surface area (Å²) in [7, 11) is 0.472. The predicted molar refractivity (Wildman–Crippen MR) is 47.7 cm³/mol. The van der Waals surface area contributed by atoms with E-state index in [-0.39, 0.29) is 5.66 Å². The molecule has 64 valence electrons. The van der Waals surface area contributed by atoms with E-state index in [1.807, 2.05) is 12.1 Å². The molecule has 0 aromatic carbocycles. The number of allylic oxidation sites excluding steroid dienone is 1. The molecule has 0 spiro atoms. The Morgan fingerprint density at radius 1 is 1.42 bits per heavy atom. The summed E-state index contributed by atoms with van der Waals surface area (Å²) in [4.78, 5) is 0. The first-order valence-corrected chi connectivity index (χ1v) is 4.87. The van der Waals surface area contributed by atoms with Crippen LogP contribution in [0.15, 0.2) is 12.4 Å². The van der Waals surface area contributed by atoms with Crippen LogP contribution < -0.4 is 0 Å². The second-order valence-electron chi connectivity index (χ2n) is 2.15. The molecule has 0 heterocycles. The van der Waals surface area contributed by atoms with Gasteiger partial charge >= 0.3 is 0 Å². The van der Waals surface area contributed by atoms with Crippen molar-refractivity contribution in [3.8, 4) is 12.1 Å². The van der Waals surface area contributed by atoms with E-state index in [1.165, 1.54) is 6.08 Å². The van der Waals surface area contributed by atoms with Crippen molar-refractivity contribution in [2.45, 2.75) is 18.5 Å². The standard InChI is InChI=1S/C8H10FN2P/c9-4-2-8(3-6-11)12-7-1-5-10/h2,4,8,12H,1,3,7H2/b4-2+. The van der Waals surface area contributed by atoms with Crippen LogP contribution in [0, 0.1) is 22.7 Å². The summed E-state index contributed by atoms with van der Waals surface area (Å²) in [5, 5.41) is 16.6. The van der Waals surface area contributed by atoms with Gasteiger partial charge in [-0.3, -0.25) is 0 Å². The smallest absolute Gasteiger partial charge is 0.0833 e. The molecule has 0 aromatic rings. The molecule has 0 saturated carbocycles. The zero-order valence-corrected chi connectivity index (χ0v) is 7.63. The maximum Gasteiger partial charge on any atom is 0.0833 e. The lowest BCUT2D eigenvalue weighted by atomic mass is 10.3. The average Bonchev–Trinajstić information content (AvgIpc) is 2.06. The third kappa shape index (κ3) is 5.83. The highest BCUT2D eigenvalue weighted by molar-refractivity contribution is 7.39. The minimum absolute atomic E-state index is 0.00616. The van der Waals surface area contributed by atoms with Crippen molar-refractivity contribution < 1.29 is 4.39 Å². The molecule has 0 aromatic heterocycles. The fourth-order valence-electron chi connectivity index (χ4n) is 0.708. The Balaban J connectivity index is 3.66. The molecule has 0 N–H and O–H groups in total. The fraction of sp³-hybridized carbons (Fsp3) is 0.500. The van der Waals surface area contributed by atoms with Crippen LogP contribution in [-0.4, -0.2) is 11.8 Å². The van der Waals surface area contributed by atoms with Gasteiger partial charge in [0.1, 0.15) is 0 Å². The maximum atomic E-state index is 11.7. The summed E-state index contributed by atoms with van der Waals surface area (Å²) in [5.41, 5.74) is -0.00616. The van der Waals surface area contributed by atoms with E-state index in [2.05, 4.69) is 0 Å². The third-order valence-electron chi connectivity index (χ3n) is 1.26. The molecule has 0 radical (unpaired) electrons. The van der Waals surface area contributed by atoms with Crippen LogP contribution in [0.4, 0.5) is 4.39 Å². The first kappa shape index (κ1) is 11.1. The zero-order valence-electron chi connectivity index (χ0n) is 6.63. The molecular weight excluding hydrogens is 174 g/mol. The molecule has 0 rings (SSSR count). The molecule has 0 aliphatic rings. The monoisotopic (exact) mass is 184 g/mol. The van der Waals surface area contributed by atoms with Gasteiger partial charge in [0.2, 0.25) is 0 Å². The quantitative estimate of drug-likeness (QED) is 0.486. The van der Waals surface area contributed by atoms with Crippen LogP contribution in [0.25, 0.3) is 0 Å². The van der Waals surface area contributed by atoms with E-state index in [9.17, 15) is 4.39 Å². The number of halogens is 1. The van der Waals surface area contributed by atoms with Gasteiger partial charge in [0.25, 0.3) is 0 Å². The lowest BCUT2D eigenvalue weighted by molar-refractivity contribution is 0.714. The Labute approximate surface area is 73.5 Å². The van der Waals surface area contributed by atoms with E-state index >= 15 is 0 Å². The minimum atomic E-state index is -0.00616. The minimum Gasteiger partial charge on any atom is -0.216 e. The molecule has 0 aliphatic carbocycles. The molecular formula is C8H10FN2P. The number of hydrogen-bond donors (Lipinski definition) is 0.